The summed E-state index contributed by atoms with van der Waals surface area (Å²) in [4.78, 5) is 15.7. The van der Waals surface area contributed by atoms with Crippen LogP contribution in [-0.4, -0.2) is 44.3 Å². The first-order valence-electron chi connectivity index (χ1n) is 11.5. The number of ether oxygens (including phenoxy) is 1. The molecule has 4 rings (SSSR count). The number of piperazine rings is 1. The van der Waals surface area contributed by atoms with Gasteiger partial charge in [-0.1, -0.05) is 12.1 Å². The minimum absolute atomic E-state index is 0.0525. The molecule has 0 atom stereocenters. The van der Waals surface area contributed by atoms with E-state index in [0.29, 0.717) is 30.1 Å². The zero-order valence-corrected chi connectivity index (χ0v) is 21.2. The van der Waals surface area contributed by atoms with Crippen LogP contribution in [0.4, 0.5) is 39.0 Å². The van der Waals surface area contributed by atoms with Crippen LogP contribution in [0.1, 0.15) is 15.9 Å². The number of benzene rings is 3. The van der Waals surface area contributed by atoms with E-state index < -0.39 is 40.7 Å². The first-order valence-corrected chi connectivity index (χ1v) is 11.9. The summed E-state index contributed by atoms with van der Waals surface area (Å²) >= 11 is 5.25. The van der Waals surface area contributed by atoms with Gasteiger partial charge < -0.3 is 19.9 Å². The van der Waals surface area contributed by atoms with E-state index >= 15 is 0 Å². The zero-order chi connectivity index (χ0) is 27.6. The molecule has 0 aromatic heterocycles. The number of halogens is 5. The number of aryl methyl sites for hydroxylation is 1. The summed E-state index contributed by atoms with van der Waals surface area (Å²) in [6.45, 7) is 2.51. The topological polar surface area (TPSA) is 56.8 Å². The summed E-state index contributed by atoms with van der Waals surface area (Å²) in [7, 11) is 1.48. The van der Waals surface area contributed by atoms with Crippen molar-refractivity contribution in [1.82, 2.24) is 5.32 Å². The number of methoxy groups -OCH3 is 1. The molecule has 3 aromatic rings. The van der Waals surface area contributed by atoms with Gasteiger partial charge in [-0.05, 0) is 55.0 Å². The molecule has 2 N–H and O–H groups in total. The molecular weight excluding hydrogens is 527 g/mol. The summed E-state index contributed by atoms with van der Waals surface area (Å²) in [5, 5.41) is 5.63. The molecule has 0 radical (unpaired) electrons. The minimum Gasteiger partial charge on any atom is -0.496 e. The Hall–Kier alpha value is -3.93. The lowest BCUT2D eigenvalue weighted by molar-refractivity contribution is 0.0974. The van der Waals surface area contributed by atoms with Gasteiger partial charge in [0, 0.05) is 37.6 Å². The van der Waals surface area contributed by atoms with Gasteiger partial charge in [0.2, 0.25) is 5.82 Å². The Morgan fingerprint density at radius 2 is 1.39 bits per heavy atom. The van der Waals surface area contributed by atoms with Crippen molar-refractivity contribution in [2.45, 2.75) is 6.92 Å². The van der Waals surface area contributed by atoms with E-state index in [1.807, 2.05) is 17.9 Å². The predicted octanol–water partition coefficient (Wildman–Crippen LogP) is 5.15. The molecule has 0 unspecified atom stereocenters. The lowest BCUT2D eigenvalue weighted by atomic mass is 10.1. The molecule has 6 nitrogen and oxygen atoms in total. The maximum atomic E-state index is 14.2. The lowest BCUT2D eigenvalue weighted by Gasteiger charge is -2.37. The minimum atomic E-state index is -2.18. The van der Waals surface area contributed by atoms with Gasteiger partial charge in [-0.3, -0.25) is 10.1 Å². The number of carbonyl (C=O) groups excluding carboxylic acids is 1. The van der Waals surface area contributed by atoms with Crippen molar-refractivity contribution in [2.75, 3.05) is 48.4 Å². The summed E-state index contributed by atoms with van der Waals surface area (Å²) in [6.07, 6.45) is 0. The van der Waals surface area contributed by atoms with Gasteiger partial charge in [-0.2, -0.15) is 0 Å². The summed E-state index contributed by atoms with van der Waals surface area (Å²) < 4.78 is 74.2. The fourth-order valence-corrected chi connectivity index (χ4v) is 4.46. The molecule has 200 valence electrons. The molecule has 1 aliphatic heterocycles. The number of nitrogens with zero attached hydrogens (tertiary/aromatic N) is 2. The van der Waals surface area contributed by atoms with Crippen molar-refractivity contribution >= 4 is 40.3 Å². The molecule has 1 heterocycles. The van der Waals surface area contributed by atoms with Crippen LogP contribution in [-0.2, 0) is 0 Å². The van der Waals surface area contributed by atoms with Crippen LogP contribution in [0.15, 0.2) is 42.5 Å². The molecule has 0 aliphatic carbocycles. The number of anilines is 3. The van der Waals surface area contributed by atoms with Gasteiger partial charge >= 0.3 is 0 Å². The maximum Gasteiger partial charge on any atom is 0.261 e. The van der Waals surface area contributed by atoms with Crippen LogP contribution in [0.25, 0.3) is 0 Å². The Morgan fingerprint density at radius 3 is 1.97 bits per heavy atom. The summed E-state index contributed by atoms with van der Waals surface area (Å²) in [6, 6.07) is 12.2. The molecule has 3 aromatic carbocycles. The predicted molar refractivity (Wildman–Crippen MR) is 139 cm³/mol. The molecule has 1 aliphatic rings. The second-order valence-electron chi connectivity index (χ2n) is 8.50. The number of para-hydroxylation sites is 1. The molecule has 0 saturated carbocycles. The molecule has 12 heteroatoms. The van der Waals surface area contributed by atoms with Crippen LogP contribution < -0.4 is 25.2 Å². The van der Waals surface area contributed by atoms with Crippen molar-refractivity contribution < 1.29 is 31.5 Å². The highest BCUT2D eigenvalue weighted by molar-refractivity contribution is 7.80. The molecular formula is C26H23F5N4O2S. The number of hydrogen-bond donors (Lipinski definition) is 2. The third-order valence-electron chi connectivity index (χ3n) is 6.16. The van der Waals surface area contributed by atoms with E-state index in [1.54, 1.807) is 36.4 Å². The second kappa shape index (κ2) is 11.2. The summed E-state index contributed by atoms with van der Waals surface area (Å²) in [5.74, 6) is -9.75. The van der Waals surface area contributed by atoms with Crippen LogP contribution in [0, 0.1) is 36.0 Å². The van der Waals surface area contributed by atoms with Crippen molar-refractivity contribution in [3.05, 3.63) is 82.7 Å². The van der Waals surface area contributed by atoms with Gasteiger partial charge in [0.05, 0.1) is 12.7 Å². The van der Waals surface area contributed by atoms with Gasteiger partial charge in [0.15, 0.2) is 28.4 Å². The standard InChI is InChI=1S/C26H23F5N4O2S/c1-14-4-3-5-17(24(14)37-2)25(36)33-26(38)32-15-6-8-16(9-7-15)34-10-12-35(13-11-34)23-21(30)19(28)18(27)20(29)22(23)31/h3-9H,10-13H2,1-2H3,(H2,32,33,36,38). The third-order valence-corrected chi connectivity index (χ3v) is 6.36. The zero-order valence-electron chi connectivity index (χ0n) is 20.4. The number of carbonyl (C=O) groups is 1. The number of thiocarbonyl (C=S) groups is 1. The van der Waals surface area contributed by atoms with Gasteiger partial charge in [-0.25, -0.2) is 22.0 Å². The molecule has 0 spiro atoms. The molecule has 38 heavy (non-hydrogen) atoms. The lowest BCUT2D eigenvalue weighted by Crippen LogP contribution is -2.47. The Labute approximate surface area is 221 Å². The molecule has 1 saturated heterocycles. The average molecular weight is 551 g/mol. The average Bonchev–Trinajstić information content (AvgIpc) is 2.91. The maximum absolute atomic E-state index is 14.2. The highest BCUT2D eigenvalue weighted by atomic mass is 32.1. The van der Waals surface area contributed by atoms with Crippen molar-refractivity contribution in [3.63, 3.8) is 0 Å². The number of nitrogens with one attached hydrogen (secondary N) is 2. The first-order chi connectivity index (χ1) is 18.1. The van der Waals surface area contributed by atoms with Gasteiger partial charge in [0.25, 0.3) is 5.91 Å². The van der Waals surface area contributed by atoms with Crippen LogP contribution in [0.3, 0.4) is 0 Å². The number of rotatable bonds is 5. The number of amides is 1. The van der Waals surface area contributed by atoms with E-state index in [2.05, 4.69) is 10.6 Å². The molecule has 1 fully saturated rings. The quantitative estimate of drug-likeness (QED) is 0.198. The van der Waals surface area contributed by atoms with E-state index in [0.717, 1.165) is 16.2 Å². The van der Waals surface area contributed by atoms with Gasteiger partial charge in [-0.15, -0.1) is 0 Å². The van der Waals surface area contributed by atoms with E-state index in [1.165, 1.54) is 7.11 Å². The Kier molecular flexibility index (Phi) is 8.00. The monoisotopic (exact) mass is 550 g/mol. The fraction of sp³-hybridized carbons (Fsp3) is 0.231. The summed E-state index contributed by atoms with van der Waals surface area (Å²) in [5.41, 5.74) is 1.63. The van der Waals surface area contributed by atoms with Crippen molar-refractivity contribution in [2.24, 2.45) is 0 Å². The molecule has 0 bridgehead atoms. The van der Waals surface area contributed by atoms with Gasteiger partial charge in [0.1, 0.15) is 11.4 Å². The highest BCUT2D eigenvalue weighted by Gasteiger charge is 2.30. The smallest absolute Gasteiger partial charge is 0.261 e. The van der Waals surface area contributed by atoms with Crippen LogP contribution >= 0.6 is 12.2 Å². The van der Waals surface area contributed by atoms with E-state index in [4.69, 9.17) is 17.0 Å². The normalized spacial score (nSPS) is 13.3. The fourth-order valence-electron chi connectivity index (χ4n) is 4.25. The first kappa shape index (κ1) is 27.1. The van der Waals surface area contributed by atoms with Crippen molar-refractivity contribution in [3.8, 4) is 5.75 Å². The Balaban J connectivity index is 1.36. The largest absolute Gasteiger partial charge is 0.496 e. The third kappa shape index (κ3) is 5.35. The van der Waals surface area contributed by atoms with Crippen molar-refractivity contribution in [1.29, 1.82) is 0 Å². The SMILES string of the molecule is COc1c(C)cccc1C(=O)NC(=S)Nc1ccc(N2CCN(c3c(F)c(F)c(F)c(F)c3F)CC2)cc1. The Bertz CT molecular complexity index is 1350. The van der Waals surface area contributed by atoms with E-state index in [-0.39, 0.29) is 18.2 Å². The highest BCUT2D eigenvalue weighted by Crippen LogP contribution is 2.31. The second-order valence-corrected chi connectivity index (χ2v) is 8.91. The number of hydrogen-bond acceptors (Lipinski definition) is 5. The Morgan fingerprint density at radius 1 is 0.842 bits per heavy atom. The van der Waals surface area contributed by atoms with Crippen LogP contribution in [0.5, 0.6) is 5.75 Å². The van der Waals surface area contributed by atoms with Crippen LogP contribution in [0.2, 0.25) is 0 Å². The molecule has 1 amide bonds. The van der Waals surface area contributed by atoms with E-state index in [9.17, 15) is 26.7 Å².